The summed E-state index contributed by atoms with van der Waals surface area (Å²) in [6.07, 6.45) is 1.24. The van der Waals surface area contributed by atoms with Crippen LogP contribution in [0.4, 0.5) is 0 Å². The first-order chi connectivity index (χ1) is 10.1. The number of benzene rings is 1. The molecule has 2 heterocycles. The Labute approximate surface area is 128 Å². The lowest BCUT2D eigenvalue weighted by Crippen LogP contribution is -2.28. The van der Waals surface area contributed by atoms with Crippen LogP contribution in [0.25, 0.3) is 0 Å². The van der Waals surface area contributed by atoms with E-state index in [1.807, 2.05) is 30.3 Å². The summed E-state index contributed by atoms with van der Waals surface area (Å²) in [5.41, 5.74) is 6.66. The van der Waals surface area contributed by atoms with Gasteiger partial charge >= 0.3 is 0 Å². The molecule has 1 aliphatic rings. The largest absolute Gasteiger partial charge is 0.422 e. The van der Waals surface area contributed by atoms with Gasteiger partial charge in [0, 0.05) is 4.47 Å². The van der Waals surface area contributed by atoms with Crippen LogP contribution in [0.3, 0.4) is 0 Å². The molecule has 0 saturated heterocycles. The van der Waals surface area contributed by atoms with Crippen molar-refractivity contribution >= 4 is 15.9 Å². The van der Waals surface area contributed by atoms with Crippen LogP contribution in [0, 0.1) is 11.3 Å². The predicted molar refractivity (Wildman–Crippen MR) is 78.3 cm³/mol. The lowest BCUT2D eigenvalue weighted by Gasteiger charge is -2.24. The molecular weight excluding hydrogens is 336 g/mol. The number of aromatic amines is 1. The maximum Gasteiger partial charge on any atom is 0.258 e. The normalized spacial score (nSPS) is 16.9. The minimum atomic E-state index is -0.603. The standard InChI is InChI=1S/C14H9BrN4O2/c15-8-3-1-2-7(4-8)10-9(5-16)12(17)21-14-11(10)13(20)18-6-19-14/h1-4,6,10H,17H2,(H,18,19,20)/t10-/m0/s1. The fraction of sp³-hybridized carbons (Fsp3) is 0.0714. The second kappa shape index (κ2) is 5.07. The van der Waals surface area contributed by atoms with Crippen LogP contribution in [-0.2, 0) is 0 Å². The molecule has 0 saturated carbocycles. The summed E-state index contributed by atoms with van der Waals surface area (Å²) in [5, 5.41) is 9.37. The highest BCUT2D eigenvalue weighted by Gasteiger charge is 2.33. The average molecular weight is 345 g/mol. The van der Waals surface area contributed by atoms with Gasteiger partial charge in [-0.3, -0.25) is 4.79 Å². The number of H-pyrrole nitrogens is 1. The van der Waals surface area contributed by atoms with Gasteiger partial charge in [-0.1, -0.05) is 28.1 Å². The number of hydrogen-bond donors (Lipinski definition) is 2. The molecule has 0 spiro atoms. The van der Waals surface area contributed by atoms with Crippen LogP contribution >= 0.6 is 15.9 Å². The van der Waals surface area contributed by atoms with Crippen LogP contribution in [0.15, 0.2) is 51.3 Å². The van der Waals surface area contributed by atoms with Crippen molar-refractivity contribution in [2.24, 2.45) is 5.73 Å². The average Bonchev–Trinajstić information content (AvgIpc) is 2.46. The van der Waals surface area contributed by atoms with Crippen molar-refractivity contribution < 1.29 is 4.74 Å². The number of nitrogens with two attached hydrogens (primary N) is 1. The van der Waals surface area contributed by atoms with Gasteiger partial charge in [-0.05, 0) is 17.7 Å². The minimum Gasteiger partial charge on any atom is -0.422 e. The van der Waals surface area contributed by atoms with Crippen molar-refractivity contribution in [1.29, 1.82) is 5.26 Å². The van der Waals surface area contributed by atoms with Crippen molar-refractivity contribution in [2.45, 2.75) is 5.92 Å². The molecule has 104 valence electrons. The monoisotopic (exact) mass is 344 g/mol. The van der Waals surface area contributed by atoms with E-state index in [0.29, 0.717) is 0 Å². The van der Waals surface area contributed by atoms with Gasteiger partial charge in [0.15, 0.2) is 0 Å². The molecule has 1 aromatic heterocycles. The fourth-order valence-electron chi connectivity index (χ4n) is 2.31. The second-order valence-corrected chi connectivity index (χ2v) is 5.35. The van der Waals surface area contributed by atoms with Crippen molar-refractivity contribution in [3.63, 3.8) is 0 Å². The Hall–Kier alpha value is -2.59. The lowest BCUT2D eigenvalue weighted by molar-refractivity contribution is 0.375. The van der Waals surface area contributed by atoms with Gasteiger partial charge in [-0.2, -0.15) is 5.26 Å². The zero-order chi connectivity index (χ0) is 15.0. The Bertz CT molecular complexity index is 851. The number of nitriles is 1. The van der Waals surface area contributed by atoms with E-state index in [2.05, 4.69) is 25.9 Å². The molecule has 0 bridgehead atoms. The Morgan fingerprint density at radius 2 is 2.29 bits per heavy atom. The Morgan fingerprint density at radius 3 is 3.00 bits per heavy atom. The Kier molecular flexibility index (Phi) is 3.23. The maximum atomic E-state index is 12.1. The first kappa shape index (κ1) is 13.4. The summed E-state index contributed by atoms with van der Waals surface area (Å²) in [7, 11) is 0. The number of nitrogens with zero attached hydrogens (tertiary/aromatic N) is 2. The predicted octanol–water partition coefficient (Wildman–Crippen LogP) is 1.75. The van der Waals surface area contributed by atoms with Gasteiger partial charge in [0.2, 0.25) is 11.8 Å². The Balaban J connectivity index is 2.31. The number of halogens is 1. The van der Waals surface area contributed by atoms with Crippen LogP contribution in [-0.4, -0.2) is 9.97 Å². The van der Waals surface area contributed by atoms with Gasteiger partial charge in [0.25, 0.3) is 5.56 Å². The van der Waals surface area contributed by atoms with Gasteiger partial charge in [0.05, 0.1) is 17.8 Å². The first-order valence-electron chi connectivity index (χ1n) is 6.02. The quantitative estimate of drug-likeness (QED) is 0.819. The van der Waals surface area contributed by atoms with Gasteiger partial charge in [-0.25, -0.2) is 4.98 Å². The van der Waals surface area contributed by atoms with Crippen LogP contribution < -0.4 is 16.0 Å². The molecule has 2 aromatic rings. The van der Waals surface area contributed by atoms with Crippen LogP contribution in [0.2, 0.25) is 0 Å². The molecule has 0 aliphatic carbocycles. The lowest BCUT2D eigenvalue weighted by atomic mass is 9.85. The number of rotatable bonds is 1. The topological polar surface area (TPSA) is 105 Å². The van der Waals surface area contributed by atoms with Crippen molar-refractivity contribution in [3.05, 3.63) is 68.0 Å². The number of allylic oxidation sites excluding steroid dienone is 1. The maximum absolute atomic E-state index is 12.1. The summed E-state index contributed by atoms with van der Waals surface area (Å²) in [6.45, 7) is 0. The molecule has 6 nitrogen and oxygen atoms in total. The van der Waals surface area contributed by atoms with Gasteiger partial charge < -0.3 is 15.5 Å². The smallest absolute Gasteiger partial charge is 0.258 e. The number of hydrogen-bond acceptors (Lipinski definition) is 5. The van der Waals surface area contributed by atoms with E-state index in [4.69, 9.17) is 10.5 Å². The van der Waals surface area contributed by atoms with Gasteiger partial charge in [0.1, 0.15) is 11.6 Å². The third kappa shape index (κ3) is 2.19. The molecule has 0 fully saturated rings. The van der Waals surface area contributed by atoms with Crippen molar-refractivity contribution in [3.8, 4) is 11.9 Å². The summed E-state index contributed by atoms with van der Waals surface area (Å²) < 4.78 is 6.13. The van der Waals surface area contributed by atoms with E-state index in [0.717, 1.165) is 10.0 Å². The minimum absolute atomic E-state index is 0.0342. The molecule has 7 heteroatoms. The third-order valence-electron chi connectivity index (χ3n) is 3.20. The zero-order valence-electron chi connectivity index (χ0n) is 10.6. The second-order valence-electron chi connectivity index (χ2n) is 4.43. The van der Waals surface area contributed by atoms with Gasteiger partial charge in [-0.15, -0.1) is 0 Å². The van der Waals surface area contributed by atoms with E-state index in [1.165, 1.54) is 6.33 Å². The number of aromatic nitrogens is 2. The van der Waals surface area contributed by atoms with Crippen molar-refractivity contribution in [1.82, 2.24) is 9.97 Å². The summed E-state index contributed by atoms with van der Waals surface area (Å²) in [4.78, 5) is 18.6. The molecule has 21 heavy (non-hydrogen) atoms. The zero-order valence-corrected chi connectivity index (χ0v) is 12.2. The SMILES string of the molecule is N#CC1=C(N)Oc2nc[nH]c(=O)c2[C@H]1c1cccc(Br)c1. The first-order valence-corrected chi connectivity index (χ1v) is 6.81. The molecule has 0 radical (unpaired) electrons. The molecule has 0 amide bonds. The van der Waals surface area contributed by atoms with Crippen LogP contribution in [0.5, 0.6) is 5.88 Å². The van der Waals surface area contributed by atoms with E-state index < -0.39 is 5.92 Å². The summed E-state index contributed by atoms with van der Waals surface area (Å²) in [6, 6.07) is 9.36. The molecule has 1 atom stereocenters. The highest BCUT2D eigenvalue weighted by molar-refractivity contribution is 9.10. The molecule has 1 aliphatic heterocycles. The summed E-state index contributed by atoms with van der Waals surface area (Å²) >= 11 is 3.38. The fourth-order valence-corrected chi connectivity index (χ4v) is 2.73. The molecular formula is C14H9BrN4O2. The Morgan fingerprint density at radius 1 is 1.48 bits per heavy atom. The van der Waals surface area contributed by atoms with E-state index >= 15 is 0 Å². The summed E-state index contributed by atoms with van der Waals surface area (Å²) in [5.74, 6) is -0.512. The van der Waals surface area contributed by atoms with E-state index in [-0.39, 0.29) is 28.5 Å². The molecule has 1 aromatic carbocycles. The third-order valence-corrected chi connectivity index (χ3v) is 3.70. The molecule has 0 unspecified atom stereocenters. The van der Waals surface area contributed by atoms with Crippen LogP contribution in [0.1, 0.15) is 17.0 Å². The van der Waals surface area contributed by atoms with E-state index in [9.17, 15) is 10.1 Å². The number of ether oxygens (including phenoxy) is 1. The molecule has 3 rings (SSSR count). The van der Waals surface area contributed by atoms with E-state index in [1.54, 1.807) is 0 Å². The van der Waals surface area contributed by atoms with Crippen molar-refractivity contribution in [2.75, 3.05) is 0 Å². The number of fused-ring (bicyclic) bond motifs is 1. The highest BCUT2D eigenvalue weighted by Crippen LogP contribution is 2.39. The number of nitrogens with one attached hydrogen (secondary N) is 1. The highest BCUT2D eigenvalue weighted by atomic mass is 79.9. The molecule has 3 N–H and O–H groups in total.